The summed E-state index contributed by atoms with van der Waals surface area (Å²) in [6, 6.07) is 10.1. The standard InChI is InChI=1S/C21H21N3O5/c1-29-18-7-4-13(9-17(18)24(27)28)21-20-12-3-2-11(8-12)19(20)15-10-14(23(25)26)5-6-16(15)22-21/h4-7,9-12,19-22H,2-3,8H2,1H3/t11-,12-,19+,20-,21-/m0/s1. The molecule has 5 atom stereocenters. The molecule has 5 rings (SSSR count). The van der Waals surface area contributed by atoms with Gasteiger partial charge in [0.25, 0.3) is 5.69 Å². The van der Waals surface area contributed by atoms with Crippen molar-refractivity contribution < 1.29 is 14.6 Å². The summed E-state index contributed by atoms with van der Waals surface area (Å²) in [7, 11) is 1.43. The lowest BCUT2D eigenvalue weighted by molar-refractivity contribution is -0.385. The molecular formula is C21H21N3O5. The van der Waals surface area contributed by atoms with Gasteiger partial charge in [0.1, 0.15) is 0 Å². The van der Waals surface area contributed by atoms with Crippen LogP contribution >= 0.6 is 0 Å². The monoisotopic (exact) mass is 395 g/mol. The zero-order valence-electron chi connectivity index (χ0n) is 15.9. The molecule has 2 aromatic rings. The number of nitrogens with one attached hydrogen (secondary N) is 1. The average molecular weight is 395 g/mol. The first-order chi connectivity index (χ1) is 14.0. The molecule has 2 aromatic carbocycles. The lowest BCUT2D eigenvalue weighted by Crippen LogP contribution is -2.35. The summed E-state index contributed by atoms with van der Waals surface area (Å²) in [6.07, 6.45) is 3.41. The molecule has 2 bridgehead atoms. The van der Waals surface area contributed by atoms with Gasteiger partial charge in [0.15, 0.2) is 5.75 Å². The summed E-state index contributed by atoms with van der Waals surface area (Å²) in [5.74, 6) is 1.81. The highest BCUT2D eigenvalue weighted by Crippen LogP contribution is 2.64. The summed E-state index contributed by atoms with van der Waals surface area (Å²) < 4.78 is 5.15. The molecule has 0 saturated heterocycles. The van der Waals surface area contributed by atoms with E-state index < -0.39 is 4.92 Å². The molecule has 8 heteroatoms. The van der Waals surface area contributed by atoms with Crippen molar-refractivity contribution >= 4 is 17.1 Å². The topological polar surface area (TPSA) is 108 Å². The minimum absolute atomic E-state index is 0.0407. The minimum atomic E-state index is -0.416. The fourth-order valence-corrected chi connectivity index (χ4v) is 5.96. The number of nitro groups is 2. The van der Waals surface area contributed by atoms with Crippen molar-refractivity contribution in [3.05, 3.63) is 67.8 Å². The first kappa shape index (κ1) is 17.9. The Morgan fingerprint density at radius 2 is 1.83 bits per heavy atom. The number of fused-ring (bicyclic) bond motifs is 7. The van der Waals surface area contributed by atoms with Crippen molar-refractivity contribution in [3.8, 4) is 5.75 Å². The maximum Gasteiger partial charge on any atom is 0.311 e. The van der Waals surface area contributed by atoms with Gasteiger partial charge in [-0.2, -0.15) is 0 Å². The number of rotatable bonds is 4. The highest BCUT2D eigenvalue weighted by atomic mass is 16.6. The van der Waals surface area contributed by atoms with Crippen LogP contribution in [0.4, 0.5) is 17.1 Å². The average Bonchev–Trinajstić information content (AvgIpc) is 3.34. The molecule has 1 aliphatic heterocycles. The fraction of sp³-hybridized carbons (Fsp3) is 0.429. The molecule has 0 spiro atoms. The Bertz CT molecular complexity index is 1020. The van der Waals surface area contributed by atoms with Crippen LogP contribution in [0.2, 0.25) is 0 Å². The second-order valence-corrected chi connectivity index (χ2v) is 8.28. The molecule has 2 fully saturated rings. The Labute approximate surface area is 167 Å². The highest BCUT2D eigenvalue weighted by molar-refractivity contribution is 5.63. The molecular weight excluding hydrogens is 374 g/mol. The van der Waals surface area contributed by atoms with Crippen LogP contribution in [0.1, 0.15) is 42.3 Å². The smallest absolute Gasteiger partial charge is 0.311 e. The van der Waals surface area contributed by atoms with E-state index in [1.807, 2.05) is 6.07 Å². The summed E-state index contributed by atoms with van der Waals surface area (Å²) in [4.78, 5) is 22.0. The predicted octanol–water partition coefficient (Wildman–Crippen LogP) is 4.81. The van der Waals surface area contributed by atoms with E-state index in [9.17, 15) is 20.2 Å². The number of anilines is 1. The molecule has 3 aliphatic rings. The molecule has 0 radical (unpaired) electrons. The Hall–Kier alpha value is -3.16. The number of benzene rings is 2. The van der Waals surface area contributed by atoms with Crippen molar-refractivity contribution in [3.63, 3.8) is 0 Å². The zero-order valence-corrected chi connectivity index (χ0v) is 15.9. The molecule has 1 N–H and O–H groups in total. The van der Waals surface area contributed by atoms with Gasteiger partial charge >= 0.3 is 5.69 Å². The molecule has 0 aromatic heterocycles. The number of ether oxygens (including phenoxy) is 1. The number of non-ortho nitro benzene ring substituents is 1. The normalized spacial score (nSPS) is 28.9. The van der Waals surface area contributed by atoms with Gasteiger partial charge in [-0.05, 0) is 66.2 Å². The van der Waals surface area contributed by atoms with Crippen molar-refractivity contribution in [1.82, 2.24) is 0 Å². The van der Waals surface area contributed by atoms with Gasteiger partial charge in [-0.15, -0.1) is 0 Å². The van der Waals surface area contributed by atoms with Gasteiger partial charge in [0.05, 0.1) is 23.0 Å². The van der Waals surface area contributed by atoms with E-state index >= 15 is 0 Å². The number of methoxy groups -OCH3 is 1. The molecule has 0 amide bonds. The van der Waals surface area contributed by atoms with E-state index in [-0.39, 0.29) is 39.9 Å². The lowest BCUT2D eigenvalue weighted by Gasteiger charge is -2.43. The van der Waals surface area contributed by atoms with Gasteiger partial charge < -0.3 is 10.1 Å². The van der Waals surface area contributed by atoms with Crippen LogP contribution in [-0.4, -0.2) is 17.0 Å². The maximum atomic E-state index is 11.5. The van der Waals surface area contributed by atoms with E-state index in [2.05, 4.69) is 5.32 Å². The second-order valence-electron chi connectivity index (χ2n) is 8.28. The highest BCUT2D eigenvalue weighted by Gasteiger charge is 2.54. The number of hydrogen-bond acceptors (Lipinski definition) is 6. The van der Waals surface area contributed by atoms with Gasteiger partial charge in [-0.25, -0.2) is 0 Å². The third-order valence-corrected chi connectivity index (χ3v) is 7.04. The van der Waals surface area contributed by atoms with Crippen molar-refractivity contribution in [2.45, 2.75) is 31.2 Å². The second kappa shape index (κ2) is 6.43. The molecule has 29 heavy (non-hydrogen) atoms. The lowest BCUT2D eigenvalue weighted by atomic mass is 9.68. The largest absolute Gasteiger partial charge is 0.490 e. The van der Waals surface area contributed by atoms with Gasteiger partial charge in [-0.1, -0.05) is 6.07 Å². The van der Waals surface area contributed by atoms with E-state index in [4.69, 9.17) is 4.74 Å². The SMILES string of the molecule is COc1ccc([C@@H]2Nc3ccc([N+](=O)[O-])cc3[C@H]3[C@H]4CC[C@@H](C4)[C@@H]32)cc1[N+](=O)[O-]. The van der Waals surface area contributed by atoms with Gasteiger partial charge in [0, 0.05) is 23.9 Å². The first-order valence-corrected chi connectivity index (χ1v) is 9.85. The van der Waals surface area contributed by atoms with Crippen LogP contribution in [0.15, 0.2) is 36.4 Å². The Kier molecular flexibility index (Phi) is 3.97. The van der Waals surface area contributed by atoms with Crippen LogP contribution < -0.4 is 10.1 Å². The molecule has 0 unspecified atom stereocenters. The van der Waals surface area contributed by atoms with Crippen molar-refractivity contribution in [2.75, 3.05) is 12.4 Å². The summed E-state index contributed by atoms with van der Waals surface area (Å²) in [6.45, 7) is 0. The molecule has 150 valence electrons. The summed E-state index contributed by atoms with van der Waals surface area (Å²) in [5, 5.41) is 26.4. The van der Waals surface area contributed by atoms with E-state index in [0.717, 1.165) is 36.1 Å². The Morgan fingerprint density at radius 1 is 1.03 bits per heavy atom. The van der Waals surface area contributed by atoms with Gasteiger partial charge in [-0.3, -0.25) is 20.2 Å². The van der Waals surface area contributed by atoms with Crippen molar-refractivity contribution in [2.24, 2.45) is 17.8 Å². The van der Waals surface area contributed by atoms with Crippen LogP contribution in [0.3, 0.4) is 0 Å². The summed E-state index contributed by atoms with van der Waals surface area (Å²) in [5.41, 5.74) is 2.86. The number of hydrogen-bond donors (Lipinski definition) is 1. The van der Waals surface area contributed by atoms with Crippen LogP contribution in [-0.2, 0) is 0 Å². The first-order valence-electron chi connectivity index (χ1n) is 9.85. The fourth-order valence-electron chi connectivity index (χ4n) is 5.96. The van der Waals surface area contributed by atoms with Gasteiger partial charge in [0.2, 0.25) is 0 Å². The van der Waals surface area contributed by atoms with E-state index in [0.29, 0.717) is 11.8 Å². The minimum Gasteiger partial charge on any atom is -0.490 e. The number of nitro benzene ring substituents is 2. The molecule has 2 saturated carbocycles. The van der Waals surface area contributed by atoms with E-state index in [1.54, 1.807) is 24.3 Å². The molecule has 2 aliphatic carbocycles. The van der Waals surface area contributed by atoms with Crippen LogP contribution in [0, 0.1) is 38.0 Å². The van der Waals surface area contributed by atoms with Crippen molar-refractivity contribution in [1.29, 1.82) is 0 Å². The zero-order chi connectivity index (χ0) is 20.3. The number of nitrogens with zero attached hydrogens (tertiary/aromatic N) is 2. The van der Waals surface area contributed by atoms with Crippen LogP contribution in [0.5, 0.6) is 5.75 Å². The third-order valence-electron chi connectivity index (χ3n) is 7.04. The molecule has 1 heterocycles. The Morgan fingerprint density at radius 3 is 2.55 bits per heavy atom. The quantitative estimate of drug-likeness (QED) is 0.588. The third kappa shape index (κ3) is 2.66. The Balaban J connectivity index is 1.61. The predicted molar refractivity (Wildman–Crippen MR) is 106 cm³/mol. The van der Waals surface area contributed by atoms with Crippen LogP contribution in [0.25, 0.3) is 0 Å². The van der Waals surface area contributed by atoms with E-state index in [1.165, 1.54) is 13.2 Å². The summed E-state index contributed by atoms with van der Waals surface area (Å²) >= 11 is 0. The molecule has 8 nitrogen and oxygen atoms in total. The maximum absolute atomic E-state index is 11.5.